The third-order valence-electron chi connectivity index (χ3n) is 2.31. The van der Waals surface area contributed by atoms with E-state index in [1.54, 1.807) is 0 Å². The van der Waals surface area contributed by atoms with E-state index in [1.165, 1.54) is 37.0 Å². The maximum absolute atomic E-state index is 5.48. The lowest BCUT2D eigenvalue weighted by Gasteiger charge is -2.28. The fraction of sp³-hybridized carbons (Fsp3) is 1.00. The number of quaternary nitrogens is 1. The van der Waals surface area contributed by atoms with Crippen LogP contribution in [0, 0.1) is 0 Å². The first kappa shape index (κ1) is 14.0. The third kappa shape index (κ3) is 4.16. The Hall–Kier alpha value is 0.500. The molecule has 2 N–H and O–H groups in total. The van der Waals surface area contributed by atoms with Gasteiger partial charge in [-0.2, -0.15) is 0 Å². The molecule has 0 aliphatic carbocycles. The topological polar surface area (TPSA) is 26.0 Å². The summed E-state index contributed by atoms with van der Waals surface area (Å²) < 4.78 is 1.22. The van der Waals surface area contributed by atoms with Gasteiger partial charge in [0.2, 0.25) is 0 Å². The van der Waals surface area contributed by atoms with E-state index in [2.05, 4.69) is 7.05 Å². The van der Waals surface area contributed by atoms with E-state index in [-0.39, 0.29) is 24.8 Å². The van der Waals surface area contributed by atoms with Crippen LogP contribution in [-0.4, -0.2) is 37.7 Å². The van der Waals surface area contributed by atoms with Crippen molar-refractivity contribution >= 4 is 12.4 Å². The molecule has 0 atom stereocenters. The molecule has 0 bridgehead atoms. The summed E-state index contributed by atoms with van der Waals surface area (Å²) in [6.45, 7) is 4.70. The Balaban J connectivity index is 0. The van der Waals surface area contributed by atoms with E-state index in [4.69, 9.17) is 5.73 Å². The van der Waals surface area contributed by atoms with E-state index in [9.17, 15) is 0 Å². The van der Waals surface area contributed by atoms with Crippen LogP contribution >= 0.6 is 12.4 Å². The molecule has 0 radical (unpaired) electrons. The molecule has 0 amide bonds. The highest BCUT2D eigenvalue weighted by molar-refractivity contribution is 5.85. The molecule has 1 aliphatic heterocycles. The third-order valence-corrected chi connectivity index (χ3v) is 2.31. The van der Waals surface area contributed by atoms with Crippen molar-refractivity contribution in [3.8, 4) is 0 Å². The standard InChI is InChI=1S/C7H17N2.2ClH/c1-9(7-4-8)5-2-3-6-9;;/h2-8H2,1H3;2*1H/q+1;;/p-1. The smallest absolute Gasteiger partial charge is 0.0909 e. The van der Waals surface area contributed by atoms with Gasteiger partial charge in [-0.1, -0.05) is 0 Å². The number of hydrogen-bond donors (Lipinski definition) is 1. The molecule has 0 spiro atoms. The van der Waals surface area contributed by atoms with Crippen molar-refractivity contribution in [2.24, 2.45) is 5.73 Å². The highest BCUT2D eigenvalue weighted by Gasteiger charge is 2.24. The fourth-order valence-corrected chi connectivity index (χ4v) is 1.63. The van der Waals surface area contributed by atoms with Crippen molar-refractivity contribution in [2.45, 2.75) is 12.8 Å². The maximum atomic E-state index is 5.48. The molecular weight excluding hydrogens is 183 g/mol. The SMILES string of the molecule is C[N+]1(CCN)CCCC1.Cl.[Cl-]. The Kier molecular flexibility index (Phi) is 7.75. The van der Waals surface area contributed by atoms with E-state index in [1.807, 2.05) is 0 Å². The van der Waals surface area contributed by atoms with E-state index >= 15 is 0 Å². The zero-order valence-corrected chi connectivity index (χ0v) is 8.63. The molecule has 0 aromatic heterocycles. The predicted molar refractivity (Wildman–Crippen MR) is 46.3 cm³/mol. The van der Waals surface area contributed by atoms with Crippen LogP contribution < -0.4 is 18.1 Å². The quantitative estimate of drug-likeness (QED) is 0.496. The van der Waals surface area contributed by atoms with Crippen molar-refractivity contribution in [1.29, 1.82) is 0 Å². The molecule has 11 heavy (non-hydrogen) atoms. The first-order valence-electron chi connectivity index (χ1n) is 3.80. The predicted octanol–water partition coefficient (Wildman–Crippen LogP) is -2.39. The number of nitrogens with two attached hydrogens (primary N) is 1. The summed E-state index contributed by atoms with van der Waals surface area (Å²) >= 11 is 0. The number of hydrogen-bond acceptors (Lipinski definition) is 1. The molecule has 0 unspecified atom stereocenters. The summed E-state index contributed by atoms with van der Waals surface area (Å²) in [4.78, 5) is 0. The molecule has 2 nitrogen and oxygen atoms in total. The van der Waals surface area contributed by atoms with Gasteiger partial charge in [0.1, 0.15) is 0 Å². The van der Waals surface area contributed by atoms with Crippen molar-refractivity contribution in [3.63, 3.8) is 0 Å². The van der Waals surface area contributed by atoms with Gasteiger partial charge in [0.05, 0.1) is 26.7 Å². The molecule has 1 aliphatic rings. The second-order valence-corrected chi connectivity index (χ2v) is 3.29. The van der Waals surface area contributed by atoms with Gasteiger partial charge in [0.15, 0.2) is 0 Å². The molecule has 0 saturated carbocycles. The number of likely N-dealkylation sites (N-methyl/N-ethyl adjacent to an activating group) is 1. The van der Waals surface area contributed by atoms with E-state index in [0.29, 0.717) is 0 Å². The summed E-state index contributed by atoms with van der Waals surface area (Å²) in [5.74, 6) is 0. The summed E-state index contributed by atoms with van der Waals surface area (Å²) in [7, 11) is 2.31. The molecule has 1 fully saturated rings. The number of halogens is 2. The van der Waals surface area contributed by atoms with Crippen LogP contribution in [0.2, 0.25) is 0 Å². The lowest BCUT2D eigenvalue weighted by molar-refractivity contribution is -0.896. The van der Waals surface area contributed by atoms with Gasteiger partial charge in [0, 0.05) is 19.4 Å². The van der Waals surface area contributed by atoms with Crippen molar-refractivity contribution in [3.05, 3.63) is 0 Å². The first-order valence-corrected chi connectivity index (χ1v) is 3.80. The summed E-state index contributed by atoms with van der Waals surface area (Å²) in [6.07, 6.45) is 2.80. The molecule has 0 aromatic carbocycles. The molecule has 0 aromatic rings. The van der Waals surface area contributed by atoms with Crippen LogP contribution in [0.4, 0.5) is 0 Å². The molecular formula is C7H18Cl2N2. The Labute approximate surface area is 81.5 Å². The highest BCUT2D eigenvalue weighted by Crippen LogP contribution is 2.14. The van der Waals surface area contributed by atoms with Crippen LogP contribution in [0.25, 0.3) is 0 Å². The van der Waals surface area contributed by atoms with Crippen LogP contribution in [0.1, 0.15) is 12.8 Å². The normalized spacial score (nSPS) is 20.2. The average Bonchev–Trinajstić information content (AvgIpc) is 2.16. The largest absolute Gasteiger partial charge is 1.00 e. The van der Waals surface area contributed by atoms with Crippen LogP contribution in [-0.2, 0) is 0 Å². The van der Waals surface area contributed by atoms with Gasteiger partial charge in [0.25, 0.3) is 0 Å². The van der Waals surface area contributed by atoms with Gasteiger partial charge in [-0.3, -0.25) is 0 Å². The second-order valence-electron chi connectivity index (χ2n) is 3.29. The minimum absolute atomic E-state index is 0. The van der Waals surface area contributed by atoms with Gasteiger partial charge in [-0.15, -0.1) is 12.4 Å². The monoisotopic (exact) mass is 200 g/mol. The molecule has 4 heteroatoms. The summed E-state index contributed by atoms with van der Waals surface area (Å²) in [6, 6.07) is 0. The van der Waals surface area contributed by atoms with Crippen molar-refractivity contribution in [1.82, 2.24) is 0 Å². The fourth-order valence-electron chi connectivity index (χ4n) is 1.63. The van der Waals surface area contributed by atoms with Gasteiger partial charge in [-0.05, 0) is 0 Å². The first-order chi connectivity index (χ1) is 4.27. The van der Waals surface area contributed by atoms with E-state index in [0.717, 1.165) is 6.54 Å². The van der Waals surface area contributed by atoms with Crippen LogP contribution in [0.15, 0.2) is 0 Å². The van der Waals surface area contributed by atoms with Gasteiger partial charge >= 0.3 is 0 Å². The number of rotatable bonds is 2. The number of nitrogens with zero attached hydrogens (tertiary/aromatic N) is 1. The lowest BCUT2D eigenvalue weighted by Crippen LogP contribution is -3.00. The molecule has 1 heterocycles. The molecule has 1 saturated heterocycles. The number of likely N-dealkylation sites (tertiary alicyclic amines) is 1. The van der Waals surface area contributed by atoms with Gasteiger partial charge in [-0.25, -0.2) is 0 Å². The zero-order chi connectivity index (χ0) is 6.74. The minimum atomic E-state index is 0. The highest BCUT2D eigenvalue weighted by atomic mass is 35.5. The van der Waals surface area contributed by atoms with Crippen LogP contribution in [0.3, 0.4) is 0 Å². The Morgan fingerprint density at radius 1 is 1.27 bits per heavy atom. The summed E-state index contributed by atoms with van der Waals surface area (Å²) in [5, 5.41) is 0. The second kappa shape index (κ2) is 6.06. The van der Waals surface area contributed by atoms with Crippen LogP contribution in [0.5, 0.6) is 0 Å². The van der Waals surface area contributed by atoms with Crippen molar-refractivity contribution in [2.75, 3.05) is 33.2 Å². The zero-order valence-electron chi connectivity index (χ0n) is 7.05. The molecule has 1 rings (SSSR count). The Morgan fingerprint density at radius 2 is 1.73 bits per heavy atom. The van der Waals surface area contributed by atoms with Crippen molar-refractivity contribution < 1.29 is 16.9 Å². The lowest BCUT2D eigenvalue weighted by atomic mass is 10.4. The Bertz CT molecular complexity index is 92.4. The van der Waals surface area contributed by atoms with Gasteiger partial charge < -0.3 is 22.6 Å². The average molecular weight is 201 g/mol. The van der Waals surface area contributed by atoms with E-state index < -0.39 is 0 Å². The maximum Gasteiger partial charge on any atom is 0.0909 e. The molecule has 70 valence electrons. The summed E-state index contributed by atoms with van der Waals surface area (Å²) in [5.41, 5.74) is 5.48. The Morgan fingerprint density at radius 3 is 2.09 bits per heavy atom. The minimum Gasteiger partial charge on any atom is -1.00 e.